The number of carbonyl (C=O) groups excluding carboxylic acids is 2. The van der Waals surface area contributed by atoms with Gasteiger partial charge in [0.25, 0.3) is 0 Å². The van der Waals surface area contributed by atoms with Crippen molar-refractivity contribution in [3.63, 3.8) is 0 Å². The second-order valence-electron chi connectivity index (χ2n) is 9.67. The first-order valence-corrected chi connectivity index (χ1v) is 12.0. The molecule has 0 atom stereocenters. The second kappa shape index (κ2) is 8.45. The molecule has 0 N–H and O–H groups in total. The number of fused-ring (bicyclic) bond motifs is 2. The lowest BCUT2D eigenvalue weighted by Gasteiger charge is -2.46. The minimum Gasteiger partial charge on any atom is -0.497 e. The number of methoxy groups -OCH3 is 1. The van der Waals surface area contributed by atoms with Crippen LogP contribution in [0.25, 0.3) is 0 Å². The summed E-state index contributed by atoms with van der Waals surface area (Å²) < 4.78 is 11.7. The minimum atomic E-state index is -0.269. The van der Waals surface area contributed by atoms with Crippen molar-refractivity contribution in [2.24, 2.45) is 11.8 Å². The summed E-state index contributed by atoms with van der Waals surface area (Å²) in [5, 5.41) is 0. The zero-order chi connectivity index (χ0) is 21.4. The molecule has 1 spiro atoms. The number of hydrogen-bond donors (Lipinski definition) is 0. The van der Waals surface area contributed by atoms with Crippen LogP contribution in [-0.2, 0) is 26.3 Å². The van der Waals surface area contributed by atoms with E-state index < -0.39 is 0 Å². The maximum atomic E-state index is 13.2. The molecule has 31 heavy (non-hydrogen) atoms. The molecule has 3 fully saturated rings. The Morgan fingerprint density at radius 3 is 2.23 bits per heavy atom. The molecule has 4 aliphatic rings. The van der Waals surface area contributed by atoms with E-state index in [0.29, 0.717) is 5.91 Å². The van der Waals surface area contributed by atoms with Gasteiger partial charge in [-0.2, -0.15) is 0 Å². The molecule has 5 rings (SSSR count). The smallest absolute Gasteiger partial charge is 0.225 e. The van der Waals surface area contributed by atoms with Crippen LogP contribution < -0.4 is 4.74 Å². The summed E-state index contributed by atoms with van der Waals surface area (Å²) in [5.74, 6) is 1.80. The quantitative estimate of drug-likeness (QED) is 0.745. The van der Waals surface area contributed by atoms with Gasteiger partial charge in [0.05, 0.1) is 19.3 Å². The molecular weight excluding hydrogens is 392 g/mol. The average molecular weight is 427 g/mol. The molecule has 0 bridgehead atoms. The maximum absolute atomic E-state index is 13.2. The lowest BCUT2D eigenvalue weighted by Crippen LogP contribution is -2.51. The normalized spacial score (nSPS) is 23.9. The van der Waals surface area contributed by atoms with E-state index in [2.05, 4.69) is 12.1 Å². The Morgan fingerprint density at radius 1 is 0.968 bits per heavy atom. The molecule has 6 nitrogen and oxygen atoms in total. The molecular formula is C25H34N2O4. The maximum Gasteiger partial charge on any atom is 0.225 e. The molecule has 3 aliphatic heterocycles. The first-order chi connectivity index (χ1) is 15.1. The second-order valence-corrected chi connectivity index (χ2v) is 9.67. The highest BCUT2D eigenvalue weighted by Gasteiger charge is 2.43. The number of likely N-dealkylation sites (tertiary alicyclic amines) is 2. The molecule has 0 aromatic heterocycles. The number of ether oxygens (including phenoxy) is 2. The van der Waals surface area contributed by atoms with Crippen molar-refractivity contribution in [2.75, 3.05) is 39.9 Å². The van der Waals surface area contributed by atoms with Gasteiger partial charge >= 0.3 is 0 Å². The number of benzene rings is 1. The number of hydrogen-bond acceptors (Lipinski definition) is 4. The highest BCUT2D eigenvalue weighted by Crippen LogP contribution is 2.43. The fourth-order valence-electron chi connectivity index (χ4n) is 5.80. The first kappa shape index (κ1) is 20.8. The van der Waals surface area contributed by atoms with E-state index >= 15 is 0 Å². The van der Waals surface area contributed by atoms with Gasteiger partial charge in [0, 0.05) is 38.0 Å². The van der Waals surface area contributed by atoms with Crippen molar-refractivity contribution >= 4 is 11.8 Å². The first-order valence-electron chi connectivity index (χ1n) is 12.0. The third-order valence-electron chi connectivity index (χ3n) is 8.05. The van der Waals surface area contributed by atoms with Crippen LogP contribution in [0.4, 0.5) is 0 Å². The van der Waals surface area contributed by atoms with Crippen molar-refractivity contribution in [1.82, 2.24) is 9.80 Å². The molecule has 168 valence electrons. The third-order valence-corrected chi connectivity index (χ3v) is 8.05. The fraction of sp³-hybridized carbons (Fsp3) is 0.680. The SMILES string of the molecule is COc1ccc2c(c1)CCOC21CCN(C(=O)C2CCN(C(=O)C3CCC3)CC2)CC1. The van der Waals surface area contributed by atoms with Crippen LogP contribution >= 0.6 is 0 Å². The number of amides is 2. The van der Waals surface area contributed by atoms with Gasteiger partial charge in [-0.1, -0.05) is 12.5 Å². The summed E-state index contributed by atoms with van der Waals surface area (Å²) in [4.78, 5) is 29.7. The Morgan fingerprint density at radius 2 is 1.61 bits per heavy atom. The zero-order valence-electron chi connectivity index (χ0n) is 18.6. The van der Waals surface area contributed by atoms with E-state index in [1.54, 1.807) is 7.11 Å². The highest BCUT2D eigenvalue weighted by atomic mass is 16.5. The Bertz CT molecular complexity index is 834. The van der Waals surface area contributed by atoms with Gasteiger partial charge in [-0.25, -0.2) is 0 Å². The molecule has 2 saturated heterocycles. The van der Waals surface area contributed by atoms with Gasteiger partial charge in [-0.15, -0.1) is 0 Å². The summed E-state index contributed by atoms with van der Waals surface area (Å²) >= 11 is 0. The molecule has 6 heteroatoms. The zero-order valence-corrected chi connectivity index (χ0v) is 18.6. The monoisotopic (exact) mass is 426 g/mol. The van der Waals surface area contributed by atoms with Crippen molar-refractivity contribution < 1.29 is 19.1 Å². The highest BCUT2D eigenvalue weighted by molar-refractivity contribution is 5.81. The van der Waals surface area contributed by atoms with Crippen molar-refractivity contribution in [1.29, 1.82) is 0 Å². The van der Waals surface area contributed by atoms with Crippen LogP contribution in [0.2, 0.25) is 0 Å². The molecule has 1 saturated carbocycles. The Labute approximate surface area is 184 Å². The van der Waals surface area contributed by atoms with E-state index in [1.807, 2.05) is 15.9 Å². The molecule has 3 heterocycles. The van der Waals surface area contributed by atoms with Crippen LogP contribution in [-0.4, -0.2) is 61.5 Å². The van der Waals surface area contributed by atoms with E-state index in [9.17, 15) is 9.59 Å². The number of rotatable bonds is 3. The van der Waals surface area contributed by atoms with E-state index in [0.717, 1.165) is 83.5 Å². The molecule has 2 amide bonds. The van der Waals surface area contributed by atoms with Crippen LogP contribution in [0.5, 0.6) is 5.75 Å². The molecule has 1 aliphatic carbocycles. The van der Waals surface area contributed by atoms with E-state index in [-0.39, 0.29) is 23.3 Å². The summed E-state index contributed by atoms with van der Waals surface area (Å²) in [6.45, 7) is 3.68. The molecule has 0 radical (unpaired) electrons. The predicted molar refractivity (Wildman–Crippen MR) is 117 cm³/mol. The number of nitrogens with zero attached hydrogens (tertiary/aromatic N) is 2. The Balaban J connectivity index is 1.18. The van der Waals surface area contributed by atoms with E-state index in [1.165, 1.54) is 17.5 Å². The topological polar surface area (TPSA) is 59.1 Å². The van der Waals surface area contributed by atoms with Crippen LogP contribution in [0.1, 0.15) is 56.1 Å². The largest absolute Gasteiger partial charge is 0.497 e. The van der Waals surface area contributed by atoms with Gasteiger partial charge < -0.3 is 19.3 Å². The minimum absolute atomic E-state index is 0.0586. The van der Waals surface area contributed by atoms with Crippen LogP contribution in [0, 0.1) is 11.8 Å². The summed E-state index contributed by atoms with van der Waals surface area (Å²) in [5.41, 5.74) is 2.32. The van der Waals surface area contributed by atoms with Crippen LogP contribution in [0.15, 0.2) is 18.2 Å². The molecule has 1 aromatic rings. The average Bonchev–Trinajstić information content (AvgIpc) is 2.78. The number of piperidine rings is 2. The van der Waals surface area contributed by atoms with Gasteiger partial charge in [0.2, 0.25) is 11.8 Å². The lowest BCUT2D eigenvalue weighted by atomic mass is 9.79. The summed E-state index contributed by atoms with van der Waals surface area (Å²) in [7, 11) is 1.70. The van der Waals surface area contributed by atoms with Crippen molar-refractivity contribution in [3.8, 4) is 5.75 Å². The molecule has 1 aromatic carbocycles. The fourth-order valence-corrected chi connectivity index (χ4v) is 5.80. The summed E-state index contributed by atoms with van der Waals surface area (Å²) in [6, 6.07) is 6.31. The molecule has 0 unspecified atom stereocenters. The van der Waals surface area contributed by atoms with Gasteiger partial charge in [-0.3, -0.25) is 9.59 Å². The predicted octanol–water partition coefficient (Wildman–Crippen LogP) is 3.12. The van der Waals surface area contributed by atoms with Crippen molar-refractivity contribution in [3.05, 3.63) is 29.3 Å². The number of carbonyl (C=O) groups is 2. The van der Waals surface area contributed by atoms with Gasteiger partial charge in [-0.05, 0) is 68.2 Å². The van der Waals surface area contributed by atoms with E-state index in [4.69, 9.17) is 9.47 Å². The summed E-state index contributed by atoms with van der Waals surface area (Å²) in [6.07, 6.45) is 7.49. The Kier molecular flexibility index (Phi) is 5.67. The standard InChI is InChI=1S/C25H34N2O4/c1-30-21-5-6-22-20(17-21)9-16-31-25(22)10-14-27(15-11-25)24(29)19-7-12-26(13-8-19)23(28)18-3-2-4-18/h5-6,17-19H,2-4,7-16H2,1H3. The third kappa shape index (κ3) is 3.84. The lowest BCUT2D eigenvalue weighted by molar-refractivity contribution is -0.149. The van der Waals surface area contributed by atoms with Crippen LogP contribution in [0.3, 0.4) is 0 Å². The van der Waals surface area contributed by atoms with Crippen molar-refractivity contribution in [2.45, 2.75) is 57.0 Å². The Hall–Kier alpha value is -2.08. The van der Waals surface area contributed by atoms with Gasteiger partial charge in [0.15, 0.2) is 0 Å². The van der Waals surface area contributed by atoms with Gasteiger partial charge in [0.1, 0.15) is 5.75 Å².